The van der Waals surface area contributed by atoms with E-state index in [1.54, 1.807) is 0 Å². The first-order chi connectivity index (χ1) is 14.9. The van der Waals surface area contributed by atoms with Crippen LogP contribution in [0.2, 0.25) is 0 Å². The topological polar surface area (TPSA) is 119 Å². The lowest BCUT2D eigenvalue weighted by Gasteiger charge is -2.13. The summed E-state index contributed by atoms with van der Waals surface area (Å²) in [6.45, 7) is 2.88. The van der Waals surface area contributed by atoms with Crippen LogP contribution in [0.3, 0.4) is 0 Å². The highest BCUT2D eigenvalue weighted by atomic mass is 16.5. The van der Waals surface area contributed by atoms with E-state index in [1.165, 1.54) is 16.7 Å². The number of rotatable bonds is 8. The van der Waals surface area contributed by atoms with Gasteiger partial charge in [0.15, 0.2) is 0 Å². The van der Waals surface area contributed by atoms with Crippen LogP contribution >= 0.6 is 0 Å². The largest absolute Gasteiger partial charge is 0.489 e. The molecule has 6 nitrogen and oxygen atoms in total. The van der Waals surface area contributed by atoms with Crippen molar-refractivity contribution < 1.29 is 24.5 Å². The molecule has 0 saturated carbocycles. The summed E-state index contributed by atoms with van der Waals surface area (Å²) in [6, 6.07) is 29.4. The Morgan fingerprint density at radius 1 is 0.781 bits per heavy atom. The first-order valence-electron chi connectivity index (χ1n) is 9.88. The molecule has 3 aromatic carbocycles. The first-order valence-corrected chi connectivity index (χ1v) is 9.88. The summed E-state index contributed by atoms with van der Waals surface area (Å²) in [5.41, 5.74) is 3.92. The number of aliphatic carboxylic acids is 2. The molecule has 0 aliphatic heterocycles. The second-order valence-electron chi connectivity index (χ2n) is 6.94. The van der Waals surface area contributed by atoms with Gasteiger partial charge in [0.25, 0.3) is 0 Å². The molecule has 1 atom stereocenters. The summed E-state index contributed by atoms with van der Waals surface area (Å²) >= 11 is 0. The Balaban J connectivity index is 0.000000491. The lowest BCUT2D eigenvalue weighted by molar-refractivity contribution is -0.134. The molecular formula is C26H29NO5. The van der Waals surface area contributed by atoms with E-state index in [0.29, 0.717) is 24.7 Å². The highest BCUT2D eigenvalue weighted by molar-refractivity contribution is 5.89. The fourth-order valence-corrected chi connectivity index (χ4v) is 2.86. The van der Waals surface area contributed by atoms with Crippen molar-refractivity contribution in [2.24, 2.45) is 0 Å². The van der Waals surface area contributed by atoms with Crippen LogP contribution < -0.4 is 10.9 Å². The number of ether oxygens (including phenoxy) is 1. The molecule has 0 aromatic heterocycles. The van der Waals surface area contributed by atoms with Crippen LogP contribution in [0, 0.1) is 0 Å². The molecule has 0 aliphatic rings. The minimum Gasteiger partial charge on any atom is -0.489 e. The standard InChI is InChI=1S/C22H22O.C4H4O4.H3N/c1-18(16-19-8-4-2-5-9-19)21-12-14-22(15-13-21)23-17-20-10-6-3-7-11-20;5-3(6)1-2-4(7)8;/h2-15,18H,16-17H2,1H3;1-2H,(H,5,6)(H,7,8);1H3. The second-order valence-corrected chi connectivity index (χ2v) is 6.94. The van der Waals surface area contributed by atoms with Crippen molar-refractivity contribution in [1.82, 2.24) is 6.15 Å². The van der Waals surface area contributed by atoms with Gasteiger partial charge in [-0.3, -0.25) is 0 Å². The first kappa shape index (κ1) is 26.1. The van der Waals surface area contributed by atoms with Gasteiger partial charge in [-0.05, 0) is 41.2 Å². The second kappa shape index (κ2) is 14.2. The van der Waals surface area contributed by atoms with E-state index >= 15 is 0 Å². The predicted octanol–water partition coefficient (Wildman–Crippen LogP) is 5.49. The van der Waals surface area contributed by atoms with Crippen molar-refractivity contribution >= 4 is 11.9 Å². The van der Waals surface area contributed by atoms with E-state index in [0.717, 1.165) is 12.2 Å². The molecule has 3 rings (SSSR count). The summed E-state index contributed by atoms with van der Waals surface area (Å²) in [5, 5.41) is 15.6. The SMILES string of the molecule is CC(Cc1ccccc1)c1ccc(OCc2ccccc2)cc1.N.O=C(O)C=CC(=O)O. The average molecular weight is 436 g/mol. The Labute approximate surface area is 188 Å². The van der Waals surface area contributed by atoms with Crippen molar-refractivity contribution in [3.8, 4) is 5.75 Å². The molecule has 0 fully saturated rings. The predicted molar refractivity (Wildman–Crippen MR) is 125 cm³/mol. The third-order valence-corrected chi connectivity index (χ3v) is 4.45. The average Bonchev–Trinajstić information content (AvgIpc) is 2.78. The van der Waals surface area contributed by atoms with Crippen molar-refractivity contribution in [1.29, 1.82) is 0 Å². The van der Waals surface area contributed by atoms with Crippen molar-refractivity contribution in [2.45, 2.75) is 25.9 Å². The summed E-state index contributed by atoms with van der Waals surface area (Å²) in [5.74, 6) is -1.09. The highest BCUT2D eigenvalue weighted by Crippen LogP contribution is 2.23. The minimum atomic E-state index is -1.26. The van der Waals surface area contributed by atoms with E-state index in [1.807, 2.05) is 18.2 Å². The molecule has 168 valence electrons. The molecule has 1 unspecified atom stereocenters. The summed E-state index contributed by atoms with van der Waals surface area (Å²) in [7, 11) is 0. The Morgan fingerprint density at radius 3 is 1.72 bits per heavy atom. The van der Waals surface area contributed by atoms with Gasteiger partial charge >= 0.3 is 11.9 Å². The number of hydrogen-bond donors (Lipinski definition) is 3. The third-order valence-electron chi connectivity index (χ3n) is 4.45. The number of benzene rings is 3. The molecule has 3 aromatic rings. The third kappa shape index (κ3) is 10.2. The fraction of sp³-hybridized carbons (Fsp3) is 0.154. The Kier molecular flexibility index (Phi) is 11.6. The lowest BCUT2D eigenvalue weighted by atomic mass is 9.94. The van der Waals surface area contributed by atoms with Gasteiger partial charge < -0.3 is 21.1 Å². The Morgan fingerprint density at radius 2 is 1.25 bits per heavy atom. The summed E-state index contributed by atoms with van der Waals surface area (Å²) < 4.78 is 5.85. The molecule has 0 heterocycles. The maximum atomic E-state index is 9.55. The van der Waals surface area contributed by atoms with E-state index in [4.69, 9.17) is 14.9 Å². The maximum absolute atomic E-state index is 9.55. The number of carboxylic acid groups (broad SMARTS) is 2. The number of carbonyl (C=O) groups is 2. The molecule has 0 spiro atoms. The number of carboxylic acids is 2. The van der Waals surface area contributed by atoms with Gasteiger partial charge in [0, 0.05) is 12.2 Å². The van der Waals surface area contributed by atoms with Gasteiger partial charge in [-0.2, -0.15) is 0 Å². The van der Waals surface area contributed by atoms with Crippen LogP contribution in [0.5, 0.6) is 5.75 Å². The summed E-state index contributed by atoms with van der Waals surface area (Å²) in [4.78, 5) is 19.1. The smallest absolute Gasteiger partial charge is 0.328 e. The molecule has 0 radical (unpaired) electrons. The molecule has 6 heteroatoms. The fourth-order valence-electron chi connectivity index (χ4n) is 2.86. The zero-order valence-corrected chi connectivity index (χ0v) is 18.1. The van der Waals surface area contributed by atoms with Crippen molar-refractivity contribution in [3.63, 3.8) is 0 Å². The van der Waals surface area contributed by atoms with Crippen LogP contribution in [0.25, 0.3) is 0 Å². The normalized spacial score (nSPS) is 10.9. The quantitative estimate of drug-likeness (QED) is 0.403. The molecule has 0 amide bonds. The molecule has 5 N–H and O–H groups in total. The van der Waals surface area contributed by atoms with Crippen LogP contribution in [-0.2, 0) is 22.6 Å². The monoisotopic (exact) mass is 435 g/mol. The lowest BCUT2D eigenvalue weighted by Crippen LogP contribution is -1.99. The van der Waals surface area contributed by atoms with E-state index in [9.17, 15) is 9.59 Å². The molecule has 0 bridgehead atoms. The van der Waals surface area contributed by atoms with E-state index in [2.05, 4.69) is 73.7 Å². The molecule has 0 aliphatic carbocycles. The van der Waals surface area contributed by atoms with Crippen molar-refractivity contribution in [3.05, 3.63) is 114 Å². The molecule has 0 saturated heterocycles. The minimum absolute atomic E-state index is 0. The van der Waals surface area contributed by atoms with E-state index < -0.39 is 11.9 Å². The van der Waals surface area contributed by atoms with Gasteiger partial charge in [0.2, 0.25) is 0 Å². The van der Waals surface area contributed by atoms with Crippen LogP contribution in [0.15, 0.2) is 97.1 Å². The van der Waals surface area contributed by atoms with Gasteiger partial charge in [-0.25, -0.2) is 9.59 Å². The number of hydrogen-bond acceptors (Lipinski definition) is 4. The van der Waals surface area contributed by atoms with Crippen LogP contribution in [0.4, 0.5) is 0 Å². The Bertz CT molecular complexity index is 954. The van der Waals surface area contributed by atoms with Crippen LogP contribution in [0.1, 0.15) is 29.5 Å². The van der Waals surface area contributed by atoms with Gasteiger partial charge in [-0.1, -0.05) is 79.7 Å². The zero-order valence-electron chi connectivity index (χ0n) is 18.1. The van der Waals surface area contributed by atoms with Gasteiger partial charge in [-0.15, -0.1) is 0 Å². The summed E-state index contributed by atoms with van der Waals surface area (Å²) in [6.07, 6.45) is 2.18. The van der Waals surface area contributed by atoms with Gasteiger partial charge in [0.05, 0.1) is 0 Å². The van der Waals surface area contributed by atoms with Crippen molar-refractivity contribution in [2.75, 3.05) is 0 Å². The highest BCUT2D eigenvalue weighted by Gasteiger charge is 2.07. The molecule has 32 heavy (non-hydrogen) atoms. The van der Waals surface area contributed by atoms with Gasteiger partial charge in [0.1, 0.15) is 12.4 Å². The zero-order chi connectivity index (χ0) is 22.5. The Hall–Kier alpha value is -3.90. The van der Waals surface area contributed by atoms with E-state index in [-0.39, 0.29) is 6.15 Å². The van der Waals surface area contributed by atoms with Crippen LogP contribution in [-0.4, -0.2) is 22.2 Å². The maximum Gasteiger partial charge on any atom is 0.328 e. The molecular weight excluding hydrogens is 406 g/mol.